The zero-order valence-electron chi connectivity index (χ0n) is 13.1. The van der Waals surface area contributed by atoms with Crippen LogP contribution in [0.25, 0.3) is 0 Å². The first-order valence-electron chi connectivity index (χ1n) is 8.35. The van der Waals surface area contributed by atoms with Gasteiger partial charge in [0.05, 0.1) is 5.92 Å². The molecule has 116 valence electrons. The summed E-state index contributed by atoms with van der Waals surface area (Å²) >= 11 is 0. The highest BCUT2D eigenvalue weighted by atomic mass is 16.1. The number of hydrogen-bond donors (Lipinski definition) is 2. The van der Waals surface area contributed by atoms with Crippen molar-refractivity contribution in [2.45, 2.75) is 51.5 Å². The van der Waals surface area contributed by atoms with E-state index in [1.54, 1.807) is 7.05 Å². The number of carbonyl (C=O) groups excluding carboxylic acids is 1. The third-order valence-corrected chi connectivity index (χ3v) is 5.48. The number of piperidine rings is 1. The Morgan fingerprint density at radius 3 is 2.80 bits per heavy atom. The molecule has 1 amide bonds. The van der Waals surface area contributed by atoms with E-state index in [0.29, 0.717) is 12.0 Å². The van der Waals surface area contributed by atoms with Gasteiger partial charge in [-0.15, -0.1) is 0 Å². The van der Waals surface area contributed by atoms with E-state index in [0.717, 1.165) is 38.4 Å². The van der Waals surface area contributed by atoms with E-state index in [9.17, 15) is 4.79 Å². The zero-order chi connectivity index (χ0) is 14.5. The third-order valence-electron chi connectivity index (χ3n) is 5.48. The van der Waals surface area contributed by atoms with Gasteiger partial charge in [-0.1, -0.05) is 19.8 Å². The van der Waals surface area contributed by atoms with Crippen molar-refractivity contribution in [1.82, 2.24) is 10.2 Å². The molecule has 20 heavy (non-hydrogen) atoms. The van der Waals surface area contributed by atoms with Crippen LogP contribution in [0.3, 0.4) is 0 Å². The molecule has 0 aromatic rings. The Kier molecular flexibility index (Phi) is 5.85. The van der Waals surface area contributed by atoms with Gasteiger partial charge in [-0.2, -0.15) is 0 Å². The Bertz CT molecular complexity index is 321. The summed E-state index contributed by atoms with van der Waals surface area (Å²) in [6, 6.07) is 0.603. The van der Waals surface area contributed by atoms with Crippen LogP contribution in [0.2, 0.25) is 0 Å². The van der Waals surface area contributed by atoms with Crippen molar-refractivity contribution >= 4 is 5.91 Å². The molecule has 4 atom stereocenters. The molecule has 1 aliphatic carbocycles. The molecule has 0 spiro atoms. The van der Waals surface area contributed by atoms with Crippen LogP contribution in [0, 0.1) is 17.8 Å². The van der Waals surface area contributed by atoms with Crippen molar-refractivity contribution in [3.63, 3.8) is 0 Å². The smallest absolute Gasteiger partial charge is 0.224 e. The highest BCUT2D eigenvalue weighted by Crippen LogP contribution is 2.35. The molecule has 4 nitrogen and oxygen atoms in total. The van der Waals surface area contributed by atoms with E-state index in [-0.39, 0.29) is 11.8 Å². The third kappa shape index (κ3) is 3.53. The maximum atomic E-state index is 11.9. The molecule has 0 radical (unpaired) electrons. The second-order valence-electron chi connectivity index (χ2n) is 6.60. The Hall–Kier alpha value is -0.610. The summed E-state index contributed by atoms with van der Waals surface area (Å²) in [6.07, 6.45) is 7.33. The number of nitrogens with zero attached hydrogens (tertiary/aromatic N) is 1. The summed E-state index contributed by atoms with van der Waals surface area (Å²) in [5, 5.41) is 2.81. The van der Waals surface area contributed by atoms with E-state index in [2.05, 4.69) is 17.1 Å². The van der Waals surface area contributed by atoms with Crippen molar-refractivity contribution in [3.8, 4) is 0 Å². The summed E-state index contributed by atoms with van der Waals surface area (Å²) in [6.45, 7) is 5.17. The summed E-state index contributed by atoms with van der Waals surface area (Å²) in [7, 11) is 1.75. The largest absolute Gasteiger partial charge is 0.359 e. The summed E-state index contributed by atoms with van der Waals surface area (Å²) in [4.78, 5) is 14.5. The minimum atomic E-state index is 0.175. The van der Waals surface area contributed by atoms with Gasteiger partial charge in [0.2, 0.25) is 5.91 Å². The predicted octanol–water partition coefficient (Wildman–Crippen LogP) is 1.60. The average molecular weight is 281 g/mol. The van der Waals surface area contributed by atoms with Crippen molar-refractivity contribution < 1.29 is 4.79 Å². The molecule has 4 heteroatoms. The van der Waals surface area contributed by atoms with Gasteiger partial charge in [0.25, 0.3) is 0 Å². The van der Waals surface area contributed by atoms with E-state index in [4.69, 9.17) is 5.73 Å². The second kappa shape index (κ2) is 7.41. The predicted molar refractivity (Wildman–Crippen MR) is 82.3 cm³/mol. The van der Waals surface area contributed by atoms with Crippen molar-refractivity contribution in [1.29, 1.82) is 0 Å². The molecule has 2 aliphatic rings. The van der Waals surface area contributed by atoms with Crippen LogP contribution in [0.1, 0.15) is 45.4 Å². The minimum Gasteiger partial charge on any atom is -0.359 e. The highest BCUT2D eigenvalue weighted by molar-refractivity contribution is 5.78. The molecule has 3 N–H and O–H groups in total. The Balaban J connectivity index is 2.01. The van der Waals surface area contributed by atoms with Crippen molar-refractivity contribution in [2.75, 3.05) is 26.7 Å². The number of amides is 1. The molecule has 0 aromatic carbocycles. The quantitative estimate of drug-likeness (QED) is 0.823. The fourth-order valence-electron chi connectivity index (χ4n) is 4.11. The normalized spacial score (nSPS) is 35.8. The molecule has 2 fully saturated rings. The van der Waals surface area contributed by atoms with E-state index >= 15 is 0 Å². The summed E-state index contributed by atoms with van der Waals surface area (Å²) in [5.41, 5.74) is 6.00. The molecule has 1 saturated heterocycles. The lowest BCUT2D eigenvalue weighted by molar-refractivity contribution is -0.126. The molecule has 4 unspecified atom stereocenters. The van der Waals surface area contributed by atoms with Crippen LogP contribution >= 0.6 is 0 Å². The lowest BCUT2D eigenvalue weighted by atomic mass is 9.75. The first-order chi connectivity index (χ1) is 9.69. The van der Waals surface area contributed by atoms with Crippen LogP contribution in [0.15, 0.2) is 0 Å². The van der Waals surface area contributed by atoms with Crippen LogP contribution < -0.4 is 11.1 Å². The van der Waals surface area contributed by atoms with Crippen LogP contribution in [0.4, 0.5) is 0 Å². The van der Waals surface area contributed by atoms with Gasteiger partial charge >= 0.3 is 0 Å². The molecule has 1 aliphatic heterocycles. The standard InChI is InChI=1S/C16H31N3O/c1-3-12-6-7-13(10-17)15(9-12)19-8-4-5-14(11-19)16(20)18-2/h12-15H,3-11,17H2,1-2H3,(H,18,20). The first-order valence-corrected chi connectivity index (χ1v) is 8.35. The Morgan fingerprint density at radius 2 is 2.15 bits per heavy atom. The van der Waals surface area contributed by atoms with Gasteiger partial charge in [0, 0.05) is 19.6 Å². The molecule has 0 bridgehead atoms. The number of likely N-dealkylation sites (tertiary alicyclic amines) is 1. The number of nitrogens with two attached hydrogens (primary N) is 1. The zero-order valence-corrected chi connectivity index (χ0v) is 13.1. The maximum absolute atomic E-state index is 11.9. The number of hydrogen-bond acceptors (Lipinski definition) is 3. The topological polar surface area (TPSA) is 58.4 Å². The average Bonchev–Trinajstić information content (AvgIpc) is 2.53. The number of rotatable bonds is 4. The van der Waals surface area contributed by atoms with Gasteiger partial charge < -0.3 is 11.1 Å². The van der Waals surface area contributed by atoms with Crippen LogP contribution in [0.5, 0.6) is 0 Å². The lowest BCUT2D eigenvalue weighted by Crippen LogP contribution is -2.52. The molecule has 1 heterocycles. The molecule has 0 aromatic heterocycles. The fraction of sp³-hybridized carbons (Fsp3) is 0.938. The van der Waals surface area contributed by atoms with Crippen LogP contribution in [-0.2, 0) is 4.79 Å². The molecule has 2 rings (SSSR count). The molecular formula is C16H31N3O. The van der Waals surface area contributed by atoms with Crippen molar-refractivity contribution in [3.05, 3.63) is 0 Å². The van der Waals surface area contributed by atoms with E-state index < -0.39 is 0 Å². The van der Waals surface area contributed by atoms with Crippen molar-refractivity contribution in [2.24, 2.45) is 23.5 Å². The van der Waals surface area contributed by atoms with Gasteiger partial charge in [-0.05, 0) is 50.6 Å². The monoisotopic (exact) mass is 281 g/mol. The highest BCUT2D eigenvalue weighted by Gasteiger charge is 2.36. The fourth-order valence-corrected chi connectivity index (χ4v) is 4.11. The maximum Gasteiger partial charge on any atom is 0.224 e. The molecular weight excluding hydrogens is 250 g/mol. The Labute approximate surface area is 123 Å². The summed E-state index contributed by atoms with van der Waals surface area (Å²) in [5.74, 6) is 1.86. The first kappa shape index (κ1) is 15.8. The number of nitrogens with one attached hydrogen (secondary N) is 1. The van der Waals surface area contributed by atoms with E-state index in [1.165, 1.54) is 25.7 Å². The lowest BCUT2D eigenvalue weighted by Gasteiger charge is -2.45. The van der Waals surface area contributed by atoms with Gasteiger partial charge in [0.1, 0.15) is 0 Å². The Morgan fingerprint density at radius 1 is 1.35 bits per heavy atom. The number of carbonyl (C=O) groups is 1. The van der Waals surface area contributed by atoms with Crippen LogP contribution in [-0.4, -0.2) is 43.5 Å². The second-order valence-corrected chi connectivity index (χ2v) is 6.60. The molecule has 1 saturated carbocycles. The van der Waals surface area contributed by atoms with Gasteiger partial charge in [-0.25, -0.2) is 0 Å². The summed E-state index contributed by atoms with van der Waals surface area (Å²) < 4.78 is 0. The van der Waals surface area contributed by atoms with E-state index in [1.807, 2.05) is 0 Å². The minimum absolute atomic E-state index is 0.175. The van der Waals surface area contributed by atoms with Gasteiger partial charge in [-0.3, -0.25) is 9.69 Å². The SMILES string of the molecule is CCC1CCC(CN)C(N2CCCC(C(=O)NC)C2)C1. The van der Waals surface area contributed by atoms with Gasteiger partial charge in [0.15, 0.2) is 0 Å².